The standard InChI is InChI=1S/C27H58NO6P/c1-6-7-8-9-10-11-12-13-14-15-16-17-18-19-20-21-22-34-24-26(33-5)23-27(29,35(30,31)32)25-28(2,3)4/h26,29H,6-25H2,1-5H3,(H-,30,31,32)/p+1. The molecule has 0 amide bonds. The maximum absolute atomic E-state index is 12.0. The number of likely N-dealkylation sites (N-methyl/N-ethyl adjacent to an activating group) is 1. The first-order chi connectivity index (χ1) is 16.4. The summed E-state index contributed by atoms with van der Waals surface area (Å²) in [6.45, 7) is 3.01. The van der Waals surface area contributed by atoms with Crippen LogP contribution in [0.2, 0.25) is 0 Å². The van der Waals surface area contributed by atoms with E-state index in [1.807, 2.05) is 0 Å². The molecule has 0 aliphatic heterocycles. The number of nitrogens with zero attached hydrogens (tertiary/aromatic N) is 1. The topological polar surface area (TPSA) is 96.2 Å². The average Bonchev–Trinajstić information content (AvgIpc) is 2.75. The molecule has 3 N–H and O–H groups in total. The molecule has 7 nitrogen and oxygen atoms in total. The van der Waals surface area contributed by atoms with Crippen molar-refractivity contribution in [3.63, 3.8) is 0 Å². The largest absolute Gasteiger partial charge is 0.379 e. The van der Waals surface area contributed by atoms with Crippen LogP contribution in [-0.2, 0) is 14.0 Å². The van der Waals surface area contributed by atoms with Crippen molar-refractivity contribution in [2.45, 2.75) is 128 Å². The molecule has 0 radical (unpaired) electrons. The zero-order valence-electron chi connectivity index (χ0n) is 23.7. The van der Waals surface area contributed by atoms with Gasteiger partial charge in [0.1, 0.15) is 6.54 Å². The summed E-state index contributed by atoms with van der Waals surface area (Å²) in [5.74, 6) is 0. The molecule has 212 valence electrons. The highest BCUT2D eigenvalue weighted by Crippen LogP contribution is 2.52. The van der Waals surface area contributed by atoms with Crippen LogP contribution in [-0.4, -0.2) is 78.8 Å². The van der Waals surface area contributed by atoms with Gasteiger partial charge in [0.15, 0.2) is 0 Å². The minimum Gasteiger partial charge on any atom is -0.379 e. The highest BCUT2D eigenvalue weighted by atomic mass is 31.2. The predicted octanol–water partition coefficient (Wildman–Crippen LogP) is 6.24. The van der Waals surface area contributed by atoms with Gasteiger partial charge >= 0.3 is 7.60 Å². The summed E-state index contributed by atoms with van der Waals surface area (Å²) in [5, 5.41) is 8.59. The Bertz CT molecular complexity index is 536. The van der Waals surface area contributed by atoms with E-state index in [0.29, 0.717) is 6.61 Å². The second-order valence-electron chi connectivity index (χ2n) is 11.4. The van der Waals surface area contributed by atoms with Gasteiger partial charge in [0.05, 0.1) is 33.9 Å². The summed E-state index contributed by atoms with van der Waals surface area (Å²) < 4.78 is 23.3. The Balaban J connectivity index is 3.75. The Morgan fingerprint density at radius 2 is 1.17 bits per heavy atom. The Labute approximate surface area is 216 Å². The Morgan fingerprint density at radius 3 is 1.51 bits per heavy atom. The number of aliphatic hydroxyl groups is 1. The number of methoxy groups -OCH3 is 1. The molecular formula is C27H59NO6P+. The fraction of sp³-hybridized carbons (Fsp3) is 1.00. The van der Waals surface area contributed by atoms with Crippen molar-refractivity contribution < 1.29 is 33.4 Å². The van der Waals surface area contributed by atoms with Crippen LogP contribution in [0.4, 0.5) is 0 Å². The third kappa shape index (κ3) is 19.7. The third-order valence-corrected chi connectivity index (χ3v) is 8.01. The normalized spacial score (nSPS) is 15.3. The minimum atomic E-state index is -4.73. The number of unbranched alkanes of at least 4 members (excludes halogenated alkanes) is 15. The molecule has 0 rings (SSSR count). The molecule has 0 bridgehead atoms. The number of ether oxygens (including phenoxy) is 2. The van der Waals surface area contributed by atoms with E-state index >= 15 is 0 Å². The van der Waals surface area contributed by atoms with Gasteiger partial charge in [-0.15, -0.1) is 0 Å². The summed E-state index contributed by atoms with van der Waals surface area (Å²) in [6.07, 6.45) is 20.5. The maximum Gasteiger partial charge on any atom is 0.362 e. The molecule has 0 heterocycles. The van der Waals surface area contributed by atoms with Crippen LogP contribution in [0.25, 0.3) is 0 Å². The van der Waals surface area contributed by atoms with Crippen LogP contribution < -0.4 is 0 Å². The lowest BCUT2D eigenvalue weighted by atomic mass is 10.0. The van der Waals surface area contributed by atoms with E-state index in [4.69, 9.17) is 9.47 Å². The van der Waals surface area contributed by atoms with E-state index in [-0.39, 0.29) is 24.1 Å². The van der Waals surface area contributed by atoms with Crippen molar-refractivity contribution >= 4 is 7.60 Å². The fourth-order valence-electron chi connectivity index (χ4n) is 4.58. The summed E-state index contributed by atoms with van der Waals surface area (Å²) in [5.41, 5.74) is 0. The van der Waals surface area contributed by atoms with Crippen LogP contribution in [0.1, 0.15) is 116 Å². The second kappa shape index (κ2) is 20.0. The zero-order valence-corrected chi connectivity index (χ0v) is 24.6. The lowest BCUT2D eigenvalue weighted by molar-refractivity contribution is -0.875. The second-order valence-corrected chi connectivity index (χ2v) is 13.3. The lowest BCUT2D eigenvalue weighted by Crippen LogP contribution is -2.51. The van der Waals surface area contributed by atoms with Crippen molar-refractivity contribution in [3.8, 4) is 0 Å². The van der Waals surface area contributed by atoms with Crippen molar-refractivity contribution in [2.75, 3.05) is 48.0 Å². The van der Waals surface area contributed by atoms with Gasteiger partial charge in [-0.3, -0.25) is 4.57 Å². The third-order valence-electron chi connectivity index (χ3n) is 6.60. The molecule has 2 unspecified atom stereocenters. The molecule has 0 aliphatic carbocycles. The number of hydrogen-bond donors (Lipinski definition) is 3. The molecular weight excluding hydrogens is 465 g/mol. The van der Waals surface area contributed by atoms with Crippen molar-refractivity contribution in [3.05, 3.63) is 0 Å². The van der Waals surface area contributed by atoms with E-state index in [1.165, 1.54) is 97.0 Å². The number of rotatable bonds is 25. The van der Waals surface area contributed by atoms with Gasteiger partial charge in [-0.05, 0) is 6.42 Å². The summed E-state index contributed by atoms with van der Waals surface area (Å²) in [7, 11) is 2.12. The van der Waals surface area contributed by atoms with E-state index < -0.39 is 19.0 Å². The number of quaternary nitrogens is 1. The molecule has 0 saturated carbocycles. The summed E-state index contributed by atoms with van der Waals surface area (Å²) in [4.78, 5) is 19.5. The van der Waals surface area contributed by atoms with E-state index in [1.54, 1.807) is 21.1 Å². The monoisotopic (exact) mass is 524 g/mol. The van der Waals surface area contributed by atoms with Crippen LogP contribution in [0.3, 0.4) is 0 Å². The first-order valence-electron chi connectivity index (χ1n) is 14.1. The zero-order chi connectivity index (χ0) is 26.6. The van der Waals surface area contributed by atoms with Gasteiger partial charge in [-0.2, -0.15) is 0 Å². The first kappa shape index (κ1) is 35.0. The molecule has 2 atom stereocenters. The molecule has 0 aromatic carbocycles. The van der Waals surface area contributed by atoms with Crippen LogP contribution >= 0.6 is 7.60 Å². The fourth-order valence-corrected chi connectivity index (χ4v) is 5.63. The molecule has 0 aromatic rings. The summed E-state index contributed by atoms with van der Waals surface area (Å²) >= 11 is 0. The van der Waals surface area contributed by atoms with Crippen molar-refractivity contribution in [1.29, 1.82) is 0 Å². The van der Waals surface area contributed by atoms with Gasteiger partial charge < -0.3 is 28.9 Å². The minimum absolute atomic E-state index is 0.0732. The quantitative estimate of drug-likeness (QED) is 0.0743. The predicted molar refractivity (Wildman–Crippen MR) is 146 cm³/mol. The van der Waals surface area contributed by atoms with E-state index in [0.717, 1.165) is 12.8 Å². The van der Waals surface area contributed by atoms with Crippen LogP contribution in [0, 0.1) is 0 Å². The van der Waals surface area contributed by atoms with Gasteiger partial charge in [-0.25, -0.2) is 0 Å². The van der Waals surface area contributed by atoms with Crippen LogP contribution in [0.15, 0.2) is 0 Å². The van der Waals surface area contributed by atoms with Crippen LogP contribution in [0.5, 0.6) is 0 Å². The molecule has 0 spiro atoms. The van der Waals surface area contributed by atoms with E-state index in [9.17, 15) is 19.5 Å². The SMILES string of the molecule is CCCCCCCCCCCCCCCCCCOCC(CC(O)(C[N+](C)(C)C)P(=O)(O)O)OC. The average molecular weight is 525 g/mol. The Hall–Kier alpha value is -0.0100. The molecule has 0 aliphatic rings. The van der Waals surface area contributed by atoms with Gasteiger partial charge in [0, 0.05) is 20.1 Å². The highest BCUT2D eigenvalue weighted by molar-refractivity contribution is 7.53. The van der Waals surface area contributed by atoms with Gasteiger partial charge in [0.25, 0.3) is 0 Å². The van der Waals surface area contributed by atoms with Gasteiger partial charge in [-0.1, -0.05) is 103 Å². The lowest BCUT2D eigenvalue weighted by Gasteiger charge is -2.37. The Kier molecular flexibility index (Phi) is 20.0. The summed E-state index contributed by atoms with van der Waals surface area (Å²) in [6, 6.07) is 0. The molecule has 8 heteroatoms. The van der Waals surface area contributed by atoms with Crippen molar-refractivity contribution in [2.24, 2.45) is 0 Å². The van der Waals surface area contributed by atoms with E-state index in [2.05, 4.69) is 6.92 Å². The smallest absolute Gasteiger partial charge is 0.362 e. The number of hydrogen-bond acceptors (Lipinski definition) is 4. The first-order valence-corrected chi connectivity index (χ1v) is 15.8. The molecule has 0 fully saturated rings. The Morgan fingerprint density at radius 1 is 0.771 bits per heavy atom. The van der Waals surface area contributed by atoms with Gasteiger partial charge in [0.2, 0.25) is 5.34 Å². The maximum atomic E-state index is 12.0. The molecule has 0 aromatic heterocycles. The molecule has 0 saturated heterocycles. The molecule has 35 heavy (non-hydrogen) atoms. The van der Waals surface area contributed by atoms with Crippen molar-refractivity contribution in [1.82, 2.24) is 0 Å². The highest BCUT2D eigenvalue weighted by Gasteiger charge is 2.50.